The summed E-state index contributed by atoms with van der Waals surface area (Å²) >= 11 is 0. The van der Waals surface area contributed by atoms with Gasteiger partial charge in [0.1, 0.15) is 22.8 Å². The highest BCUT2D eigenvalue weighted by Crippen LogP contribution is 2.41. The summed E-state index contributed by atoms with van der Waals surface area (Å²) in [6.45, 7) is 4.42. The lowest BCUT2D eigenvalue weighted by molar-refractivity contribution is 0.414. The molecule has 5 heteroatoms. The van der Waals surface area contributed by atoms with Gasteiger partial charge in [-0.05, 0) is 94.9 Å². The van der Waals surface area contributed by atoms with Gasteiger partial charge in [0, 0.05) is 0 Å². The van der Waals surface area contributed by atoms with Crippen molar-refractivity contribution in [3.05, 3.63) is 143 Å². The van der Waals surface area contributed by atoms with E-state index in [0.29, 0.717) is 5.92 Å². The molecule has 0 fully saturated rings. The number of hydrazine groups is 1. The summed E-state index contributed by atoms with van der Waals surface area (Å²) in [6, 6.07) is 33.1. The zero-order valence-electron chi connectivity index (χ0n) is 24.9. The van der Waals surface area contributed by atoms with Crippen molar-refractivity contribution in [1.29, 1.82) is 0 Å². The minimum absolute atomic E-state index is 0.503. The first-order chi connectivity index (χ1) is 20.4. The molecule has 214 valence electrons. The maximum Gasteiger partial charge on any atom is 0.125 e. The summed E-state index contributed by atoms with van der Waals surface area (Å²) < 4.78 is 16.3. The van der Waals surface area contributed by atoms with E-state index in [0.717, 1.165) is 45.3 Å². The van der Waals surface area contributed by atoms with Crippen LogP contribution in [0.2, 0.25) is 0 Å². The lowest BCUT2D eigenvalue weighted by Crippen LogP contribution is -2.46. The quantitative estimate of drug-likeness (QED) is 0.212. The predicted octanol–water partition coefficient (Wildman–Crippen LogP) is 8.37. The number of nitrogens with one attached hydrogen (secondary N) is 1. The largest absolute Gasteiger partial charge is 0.497 e. The Morgan fingerprint density at radius 3 is 1.67 bits per heavy atom. The highest BCUT2D eigenvalue weighted by molar-refractivity contribution is 5.66. The third-order valence-corrected chi connectivity index (χ3v) is 7.57. The molecule has 4 aromatic rings. The maximum atomic E-state index is 5.49. The molecular formula is C37H38N2O3. The molecule has 1 aliphatic rings. The van der Waals surface area contributed by atoms with Gasteiger partial charge in [-0.25, -0.2) is 0 Å². The van der Waals surface area contributed by atoms with Gasteiger partial charge in [-0.1, -0.05) is 74.5 Å². The van der Waals surface area contributed by atoms with Crippen LogP contribution in [0.5, 0.6) is 17.2 Å². The van der Waals surface area contributed by atoms with Crippen molar-refractivity contribution >= 4 is 17.8 Å². The van der Waals surface area contributed by atoms with Gasteiger partial charge in [0.2, 0.25) is 0 Å². The van der Waals surface area contributed by atoms with E-state index in [-0.39, 0.29) is 0 Å². The minimum Gasteiger partial charge on any atom is -0.497 e. The van der Waals surface area contributed by atoms with Gasteiger partial charge in [-0.15, -0.1) is 0 Å². The summed E-state index contributed by atoms with van der Waals surface area (Å²) in [5.74, 6) is 2.94. The van der Waals surface area contributed by atoms with Crippen LogP contribution in [0.3, 0.4) is 0 Å². The minimum atomic E-state index is -0.651. The second kappa shape index (κ2) is 12.7. The monoisotopic (exact) mass is 558 g/mol. The number of nitrogens with zero attached hydrogens (tertiary/aromatic N) is 1. The Bertz CT molecular complexity index is 1550. The second-order valence-corrected chi connectivity index (χ2v) is 10.6. The van der Waals surface area contributed by atoms with Crippen LogP contribution >= 0.6 is 0 Å². The highest BCUT2D eigenvalue weighted by Gasteiger charge is 2.40. The van der Waals surface area contributed by atoms with Gasteiger partial charge in [0.15, 0.2) is 0 Å². The van der Waals surface area contributed by atoms with E-state index in [4.69, 9.17) is 14.2 Å². The zero-order chi connectivity index (χ0) is 29.5. The number of anilines is 1. The first-order valence-corrected chi connectivity index (χ1v) is 14.1. The average molecular weight is 559 g/mol. The Labute approximate surface area is 249 Å². The predicted molar refractivity (Wildman–Crippen MR) is 173 cm³/mol. The van der Waals surface area contributed by atoms with Crippen molar-refractivity contribution in [2.45, 2.75) is 25.3 Å². The Morgan fingerprint density at radius 1 is 0.619 bits per heavy atom. The van der Waals surface area contributed by atoms with Gasteiger partial charge in [-0.3, -0.25) is 10.4 Å². The maximum absolute atomic E-state index is 5.49. The van der Waals surface area contributed by atoms with Gasteiger partial charge in [-0.2, -0.15) is 0 Å². The number of allylic oxidation sites excluding steroid dienone is 1. The van der Waals surface area contributed by atoms with Crippen molar-refractivity contribution in [3.63, 3.8) is 0 Å². The van der Waals surface area contributed by atoms with Crippen molar-refractivity contribution in [1.82, 2.24) is 5.43 Å². The molecule has 42 heavy (non-hydrogen) atoms. The smallest absolute Gasteiger partial charge is 0.125 e. The van der Waals surface area contributed by atoms with E-state index in [9.17, 15) is 0 Å². The molecule has 1 N–H and O–H groups in total. The topological polar surface area (TPSA) is 43.0 Å². The van der Waals surface area contributed by atoms with E-state index in [1.54, 1.807) is 21.3 Å². The Hall–Kier alpha value is -4.90. The summed E-state index contributed by atoms with van der Waals surface area (Å²) in [5.41, 5.74) is 9.64. The molecule has 0 saturated carbocycles. The molecule has 0 spiro atoms. The number of hydrogen-bond donors (Lipinski definition) is 1. The van der Waals surface area contributed by atoms with E-state index in [1.807, 2.05) is 36.4 Å². The molecule has 0 bridgehead atoms. The van der Waals surface area contributed by atoms with Gasteiger partial charge in [0.25, 0.3) is 0 Å². The number of benzene rings is 4. The molecule has 1 atom stereocenters. The summed E-state index contributed by atoms with van der Waals surface area (Å²) in [5, 5.41) is 2.19. The Morgan fingerprint density at radius 2 is 1.12 bits per heavy atom. The number of ether oxygens (including phenoxy) is 3. The molecule has 0 radical (unpaired) electrons. The fraction of sp³-hybridized carbons (Fsp3) is 0.189. The first-order valence-electron chi connectivity index (χ1n) is 14.1. The van der Waals surface area contributed by atoms with Crippen LogP contribution < -0.4 is 24.6 Å². The zero-order valence-corrected chi connectivity index (χ0v) is 24.9. The van der Waals surface area contributed by atoms with E-state index in [1.165, 1.54) is 5.56 Å². The summed E-state index contributed by atoms with van der Waals surface area (Å²) in [6.07, 6.45) is 10.9. The molecule has 0 aromatic heterocycles. The number of methoxy groups -OCH3 is 3. The number of rotatable bonds is 10. The van der Waals surface area contributed by atoms with Crippen molar-refractivity contribution in [2.75, 3.05) is 26.3 Å². The summed E-state index contributed by atoms with van der Waals surface area (Å²) in [4.78, 5) is 0. The lowest BCUT2D eigenvalue weighted by Gasteiger charge is -2.37. The molecule has 1 aliphatic heterocycles. The van der Waals surface area contributed by atoms with E-state index in [2.05, 4.69) is 115 Å². The lowest BCUT2D eigenvalue weighted by atomic mass is 9.87. The van der Waals surface area contributed by atoms with Crippen LogP contribution in [0.4, 0.5) is 5.69 Å². The standard InChI is InChI=1S/C37H38N2O3/c1-27(2)30-11-6-28(7-12-30)8-15-32-26-37(31-13-20-35(41-4)21-14-31,25-24-29-9-18-34(40-3)19-10-29)39(38-32)33-16-22-36(42-5)23-17-33/h6-27,38H,1-5H3. The molecule has 1 unspecified atom stereocenters. The third kappa shape index (κ3) is 6.21. The van der Waals surface area contributed by atoms with Crippen molar-refractivity contribution in [2.24, 2.45) is 0 Å². The SMILES string of the molecule is COc1ccc(C=CC2(c3ccc(OC)cc3)C=C(C=Cc3ccc(C(C)C)cc3)NN2c2ccc(OC)cc2)cc1. The van der Waals surface area contributed by atoms with E-state index < -0.39 is 5.54 Å². The van der Waals surface area contributed by atoms with Crippen LogP contribution in [0.25, 0.3) is 12.2 Å². The third-order valence-electron chi connectivity index (χ3n) is 7.57. The molecule has 0 amide bonds. The Kier molecular flexibility index (Phi) is 8.68. The highest BCUT2D eigenvalue weighted by atomic mass is 16.5. The van der Waals surface area contributed by atoms with Crippen LogP contribution in [0.15, 0.2) is 121 Å². The van der Waals surface area contributed by atoms with Crippen molar-refractivity contribution < 1.29 is 14.2 Å². The number of hydrogen-bond acceptors (Lipinski definition) is 5. The second-order valence-electron chi connectivity index (χ2n) is 10.6. The van der Waals surface area contributed by atoms with Crippen LogP contribution in [0, 0.1) is 0 Å². The van der Waals surface area contributed by atoms with Crippen LogP contribution in [-0.2, 0) is 5.54 Å². The van der Waals surface area contributed by atoms with E-state index >= 15 is 0 Å². The molecule has 5 nitrogen and oxygen atoms in total. The molecule has 0 saturated heterocycles. The molecule has 4 aromatic carbocycles. The van der Waals surface area contributed by atoms with Crippen LogP contribution in [0.1, 0.15) is 42.0 Å². The fourth-order valence-electron chi connectivity index (χ4n) is 5.06. The van der Waals surface area contributed by atoms with Gasteiger partial charge >= 0.3 is 0 Å². The van der Waals surface area contributed by atoms with Gasteiger partial charge in [0.05, 0.1) is 32.7 Å². The fourth-order valence-corrected chi connectivity index (χ4v) is 5.06. The van der Waals surface area contributed by atoms with Gasteiger partial charge < -0.3 is 14.2 Å². The summed E-state index contributed by atoms with van der Waals surface area (Å²) in [7, 11) is 5.05. The Balaban J connectivity index is 1.61. The molecule has 5 rings (SSSR count). The molecule has 1 heterocycles. The normalized spacial score (nSPS) is 16.6. The van der Waals surface area contributed by atoms with Crippen molar-refractivity contribution in [3.8, 4) is 17.2 Å². The molecule has 0 aliphatic carbocycles. The average Bonchev–Trinajstić information content (AvgIpc) is 3.43. The van der Waals surface area contributed by atoms with Crippen LogP contribution in [-0.4, -0.2) is 21.3 Å². The molecular weight excluding hydrogens is 520 g/mol. The first kappa shape index (κ1) is 28.6.